The summed E-state index contributed by atoms with van der Waals surface area (Å²) in [6.45, 7) is 8.57. The standard InChI is InChI=1S/C39H57NO6/c1-6-8-9-10-11-12-13-14-15-16-17-18-19-20-21-22-23-24-27-46-37(7-2)36(42)29-32(28-31(3)4)38(43)40-33-25-26-35(41)34(30-33)39(44)45-5/h8-9,11-12,14-15,17-18,20-21,25-26,30-32,37,41H,6-7,10,13,16,19,22-24,27-29H2,1-5H3,(H,40,43)/b9-8-,12-11-,15-14-,18-17-,21-20-/t32-,37?/m1/s1. The fourth-order valence-corrected chi connectivity index (χ4v) is 4.75. The van der Waals surface area contributed by atoms with Gasteiger partial charge in [-0.15, -0.1) is 0 Å². The van der Waals surface area contributed by atoms with Crippen LogP contribution in [-0.2, 0) is 19.1 Å². The zero-order valence-electron chi connectivity index (χ0n) is 28.7. The van der Waals surface area contributed by atoms with Crippen LogP contribution < -0.4 is 5.32 Å². The lowest BCUT2D eigenvalue weighted by molar-refractivity contribution is -0.134. The molecular weight excluding hydrogens is 578 g/mol. The first kappa shape index (κ1) is 40.3. The van der Waals surface area contributed by atoms with Crippen LogP contribution >= 0.6 is 0 Å². The van der Waals surface area contributed by atoms with Crippen molar-refractivity contribution in [2.45, 2.75) is 104 Å². The Morgan fingerprint density at radius 2 is 1.43 bits per heavy atom. The average Bonchev–Trinajstić information content (AvgIpc) is 3.03. The number of rotatable bonds is 24. The van der Waals surface area contributed by atoms with E-state index in [9.17, 15) is 19.5 Å². The Kier molecular flexibility index (Phi) is 22.3. The topological polar surface area (TPSA) is 102 Å². The lowest BCUT2D eigenvalue weighted by Gasteiger charge is -2.21. The zero-order valence-corrected chi connectivity index (χ0v) is 28.7. The molecule has 0 heterocycles. The van der Waals surface area contributed by atoms with Crippen LogP contribution in [0.5, 0.6) is 5.75 Å². The van der Waals surface area contributed by atoms with E-state index in [1.165, 1.54) is 25.3 Å². The average molecular weight is 636 g/mol. The number of hydrogen-bond donors (Lipinski definition) is 2. The normalized spacial score (nSPS) is 13.5. The van der Waals surface area contributed by atoms with Gasteiger partial charge < -0.3 is 19.9 Å². The van der Waals surface area contributed by atoms with Crippen LogP contribution in [0.1, 0.15) is 109 Å². The molecule has 0 aliphatic carbocycles. The summed E-state index contributed by atoms with van der Waals surface area (Å²) in [4.78, 5) is 38.2. The number of carbonyl (C=O) groups is 3. The first-order valence-corrected chi connectivity index (χ1v) is 16.8. The van der Waals surface area contributed by atoms with E-state index >= 15 is 0 Å². The summed E-state index contributed by atoms with van der Waals surface area (Å²) in [7, 11) is 1.22. The number of nitrogens with one attached hydrogen (secondary N) is 1. The van der Waals surface area contributed by atoms with Gasteiger partial charge in [-0.05, 0) is 88.3 Å². The van der Waals surface area contributed by atoms with Crippen LogP contribution in [0.3, 0.4) is 0 Å². The second-order valence-electron chi connectivity index (χ2n) is 11.7. The molecule has 2 atom stereocenters. The highest BCUT2D eigenvalue weighted by atomic mass is 16.5. The van der Waals surface area contributed by atoms with Crippen LogP contribution in [0.15, 0.2) is 79.0 Å². The van der Waals surface area contributed by atoms with Crippen molar-refractivity contribution < 1.29 is 29.0 Å². The number of amides is 1. The molecule has 1 amide bonds. The van der Waals surface area contributed by atoms with Crippen molar-refractivity contribution in [2.24, 2.45) is 11.8 Å². The number of phenols is 1. The van der Waals surface area contributed by atoms with Gasteiger partial charge in [0.2, 0.25) is 5.91 Å². The van der Waals surface area contributed by atoms with Crippen molar-refractivity contribution in [3.63, 3.8) is 0 Å². The SMILES string of the molecule is CC/C=C\C/C=C\C/C=C\C/C=C\C/C=C\CCCCOC(CC)C(=O)C[C@@H](CC(C)C)C(=O)Nc1ccc(O)c(C(=O)OC)c1. The molecule has 0 saturated heterocycles. The van der Waals surface area contributed by atoms with Gasteiger partial charge in [0.05, 0.1) is 7.11 Å². The number of anilines is 1. The van der Waals surface area contributed by atoms with E-state index in [-0.39, 0.29) is 35.3 Å². The number of aromatic hydroxyl groups is 1. The molecule has 0 fully saturated rings. The number of Topliss-reactive ketones (excluding diaryl/α,β-unsaturated/α-hetero) is 1. The van der Waals surface area contributed by atoms with Crippen LogP contribution in [0.25, 0.3) is 0 Å². The molecule has 0 aliphatic rings. The Bertz CT molecular complexity index is 1180. The van der Waals surface area contributed by atoms with Crippen molar-refractivity contribution in [3.05, 3.63) is 84.5 Å². The van der Waals surface area contributed by atoms with Crippen molar-refractivity contribution in [1.29, 1.82) is 0 Å². The number of benzene rings is 1. The highest BCUT2D eigenvalue weighted by molar-refractivity contribution is 5.98. The molecule has 1 aromatic carbocycles. The zero-order chi connectivity index (χ0) is 34.0. The second-order valence-corrected chi connectivity index (χ2v) is 11.7. The van der Waals surface area contributed by atoms with Gasteiger partial charge in [0.15, 0.2) is 5.78 Å². The fraction of sp³-hybridized carbons (Fsp3) is 0.513. The van der Waals surface area contributed by atoms with Crippen LogP contribution in [0.2, 0.25) is 0 Å². The summed E-state index contributed by atoms with van der Waals surface area (Å²) in [6.07, 6.45) is 30.3. The molecule has 0 radical (unpaired) electrons. The molecular formula is C39H57NO6. The number of unbranched alkanes of at least 4 members (excludes halogenated alkanes) is 2. The minimum absolute atomic E-state index is 0.0439. The Hall–Kier alpha value is -3.71. The van der Waals surface area contributed by atoms with Crippen molar-refractivity contribution in [3.8, 4) is 5.75 Å². The molecule has 0 bridgehead atoms. The van der Waals surface area contributed by atoms with Gasteiger partial charge in [-0.2, -0.15) is 0 Å². The van der Waals surface area contributed by atoms with Gasteiger partial charge in [0, 0.05) is 24.6 Å². The summed E-state index contributed by atoms with van der Waals surface area (Å²) in [6, 6.07) is 4.20. The predicted molar refractivity (Wildman–Crippen MR) is 189 cm³/mol. The van der Waals surface area contributed by atoms with Gasteiger partial charge in [-0.25, -0.2) is 4.79 Å². The monoisotopic (exact) mass is 635 g/mol. The first-order valence-electron chi connectivity index (χ1n) is 16.8. The van der Waals surface area contributed by atoms with Crippen molar-refractivity contribution in [1.82, 2.24) is 0 Å². The Labute approximate surface area is 277 Å². The lowest BCUT2D eigenvalue weighted by Crippen LogP contribution is -2.32. The molecule has 1 unspecified atom stereocenters. The van der Waals surface area contributed by atoms with E-state index in [0.29, 0.717) is 25.1 Å². The Balaban J connectivity index is 2.40. The van der Waals surface area contributed by atoms with Gasteiger partial charge in [0.25, 0.3) is 0 Å². The predicted octanol–water partition coefficient (Wildman–Crippen LogP) is 9.46. The molecule has 46 heavy (non-hydrogen) atoms. The minimum atomic E-state index is -0.705. The molecule has 7 nitrogen and oxygen atoms in total. The summed E-state index contributed by atoms with van der Waals surface area (Å²) < 4.78 is 10.6. The van der Waals surface area contributed by atoms with E-state index in [1.54, 1.807) is 0 Å². The third-order valence-electron chi connectivity index (χ3n) is 7.22. The van der Waals surface area contributed by atoms with Gasteiger partial charge in [-0.1, -0.05) is 88.5 Å². The first-order chi connectivity index (χ1) is 22.2. The molecule has 2 N–H and O–H groups in total. The second kappa shape index (κ2) is 25.5. The molecule has 0 aromatic heterocycles. The van der Waals surface area contributed by atoms with Gasteiger partial charge >= 0.3 is 5.97 Å². The molecule has 0 spiro atoms. The third kappa shape index (κ3) is 18.3. The maximum atomic E-state index is 13.2. The smallest absolute Gasteiger partial charge is 0.341 e. The highest BCUT2D eigenvalue weighted by Gasteiger charge is 2.27. The van der Waals surface area contributed by atoms with Crippen molar-refractivity contribution in [2.75, 3.05) is 19.0 Å². The fourth-order valence-electron chi connectivity index (χ4n) is 4.75. The molecule has 0 saturated carbocycles. The van der Waals surface area contributed by atoms with Crippen LogP contribution in [-0.4, -0.2) is 42.6 Å². The highest BCUT2D eigenvalue weighted by Crippen LogP contribution is 2.25. The minimum Gasteiger partial charge on any atom is -0.507 e. The largest absolute Gasteiger partial charge is 0.507 e. The molecule has 1 aromatic rings. The Morgan fingerprint density at radius 1 is 0.848 bits per heavy atom. The lowest BCUT2D eigenvalue weighted by atomic mass is 9.90. The summed E-state index contributed by atoms with van der Waals surface area (Å²) in [5.41, 5.74) is 0.304. The number of methoxy groups -OCH3 is 1. The van der Waals surface area contributed by atoms with E-state index < -0.39 is 18.0 Å². The summed E-state index contributed by atoms with van der Waals surface area (Å²) in [5.74, 6) is -1.68. The van der Waals surface area contributed by atoms with E-state index in [4.69, 9.17) is 4.74 Å². The van der Waals surface area contributed by atoms with Gasteiger partial charge in [0.1, 0.15) is 17.4 Å². The Morgan fingerprint density at radius 3 is 1.98 bits per heavy atom. The van der Waals surface area contributed by atoms with E-state index in [2.05, 4.69) is 77.7 Å². The molecule has 7 heteroatoms. The van der Waals surface area contributed by atoms with E-state index in [0.717, 1.165) is 51.4 Å². The van der Waals surface area contributed by atoms with Crippen LogP contribution in [0, 0.1) is 11.8 Å². The molecule has 0 aliphatic heterocycles. The summed E-state index contributed by atoms with van der Waals surface area (Å²) >= 11 is 0. The van der Waals surface area contributed by atoms with Crippen molar-refractivity contribution >= 4 is 23.3 Å². The van der Waals surface area contributed by atoms with Crippen LogP contribution in [0.4, 0.5) is 5.69 Å². The number of allylic oxidation sites excluding steroid dienone is 10. The molecule has 1 rings (SSSR count). The molecule has 254 valence electrons. The third-order valence-corrected chi connectivity index (χ3v) is 7.22. The van der Waals surface area contributed by atoms with E-state index in [1.807, 2.05) is 20.8 Å². The maximum absolute atomic E-state index is 13.2. The number of ketones is 1. The summed E-state index contributed by atoms with van der Waals surface area (Å²) in [5, 5.41) is 12.7. The number of hydrogen-bond acceptors (Lipinski definition) is 6. The number of phenolic OH excluding ortho intramolecular Hbond substituents is 1. The van der Waals surface area contributed by atoms with Gasteiger partial charge in [-0.3, -0.25) is 9.59 Å². The number of ether oxygens (including phenoxy) is 2. The quantitative estimate of drug-likeness (QED) is 0.0508. The number of esters is 1. The maximum Gasteiger partial charge on any atom is 0.341 e. The number of carbonyl (C=O) groups excluding carboxylic acids is 3.